The normalized spacial score (nSPS) is 11.7. The van der Waals surface area contributed by atoms with E-state index in [9.17, 15) is 0 Å². The third-order valence-electron chi connectivity index (χ3n) is 11.1. The van der Waals surface area contributed by atoms with E-state index in [1.165, 1.54) is 44.2 Å². The number of hydrogen-bond acceptors (Lipinski definition) is 3. The summed E-state index contributed by atoms with van der Waals surface area (Å²) in [6.45, 7) is 6.85. The fourth-order valence-corrected chi connectivity index (χ4v) is 8.12. The number of benzene rings is 8. The number of hydrogen-bond donors (Lipinski definition) is 0. The molecule has 0 saturated heterocycles. The number of aromatic nitrogens is 3. The van der Waals surface area contributed by atoms with Crippen LogP contribution in [0.15, 0.2) is 200 Å². The molecule has 278 valence electrons. The van der Waals surface area contributed by atoms with E-state index < -0.39 is 0 Å². The van der Waals surface area contributed by atoms with E-state index in [0.29, 0.717) is 0 Å². The van der Waals surface area contributed by atoms with Gasteiger partial charge >= 0.3 is 0 Å². The van der Waals surface area contributed by atoms with Crippen LogP contribution in [0.5, 0.6) is 0 Å². The van der Waals surface area contributed by atoms with Crippen molar-refractivity contribution in [3.8, 4) is 39.3 Å². The van der Waals surface area contributed by atoms with Gasteiger partial charge in [-0.25, -0.2) is 9.97 Å². The lowest BCUT2D eigenvalue weighted by Crippen LogP contribution is -2.10. The Hall–Kier alpha value is -7.30. The molecule has 0 saturated carbocycles. The summed E-state index contributed by atoms with van der Waals surface area (Å²) in [5, 5.41) is 2.53. The van der Waals surface area contributed by atoms with Gasteiger partial charge in [0.25, 0.3) is 0 Å². The van der Waals surface area contributed by atoms with Crippen molar-refractivity contribution in [2.75, 3.05) is 4.90 Å². The van der Waals surface area contributed by atoms with Gasteiger partial charge in [-0.15, -0.1) is 0 Å². The van der Waals surface area contributed by atoms with Gasteiger partial charge in [-0.3, -0.25) is 0 Å². The lowest BCUT2D eigenvalue weighted by molar-refractivity contribution is 0.591. The molecule has 0 aliphatic heterocycles. The summed E-state index contributed by atoms with van der Waals surface area (Å²) in [4.78, 5) is 12.5. The Morgan fingerprint density at radius 2 is 0.845 bits per heavy atom. The maximum atomic E-state index is 5.14. The molecule has 2 heterocycles. The van der Waals surface area contributed by atoms with Crippen molar-refractivity contribution >= 4 is 49.9 Å². The molecule has 4 heteroatoms. The van der Waals surface area contributed by atoms with Crippen molar-refractivity contribution in [3.05, 3.63) is 206 Å². The van der Waals surface area contributed by atoms with Crippen LogP contribution in [0.25, 0.3) is 72.2 Å². The van der Waals surface area contributed by atoms with Gasteiger partial charge < -0.3 is 9.47 Å². The molecule has 10 aromatic rings. The highest BCUT2D eigenvalue weighted by Gasteiger charge is 2.20. The van der Waals surface area contributed by atoms with Crippen LogP contribution < -0.4 is 4.90 Å². The summed E-state index contributed by atoms with van der Waals surface area (Å²) >= 11 is 0. The van der Waals surface area contributed by atoms with Crippen LogP contribution in [0.4, 0.5) is 17.1 Å². The maximum Gasteiger partial charge on any atom is 0.0973 e. The van der Waals surface area contributed by atoms with Gasteiger partial charge in [0.05, 0.1) is 33.5 Å². The van der Waals surface area contributed by atoms with Crippen LogP contribution in [-0.4, -0.2) is 14.5 Å². The monoisotopic (exact) mass is 746 g/mol. The van der Waals surface area contributed by atoms with Crippen LogP contribution in [-0.2, 0) is 5.41 Å². The molecular formula is C54H42N4. The van der Waals surface area contributed by atoms with Gasteiger partial charge in [-0.1, -0.05) is 136 Å². The molecular weight excluding hydrogens is 705 g/mol. The van der Waals surface area contributed by atoms with E-state index >= 15 is 0 Å². The third kappa shape index (κ3) is 6.39. The minimum absolute atomic E-state index is 0.0450. The van der Waals surface area contributed by atoms with Crippen molar-refractivity contribution in [1.82, 2.24) is 14.5 Å². The van der Waals surface area contributed by atoms with E-state index in [2.05, 4.69) is 188 Å². The smallest absolute Gasteiger partial charge is 0.0973 e. The molecule has 4 nitrogen and oxygen atoms in total. The zero-order valence-electron chi connectivity index (χ0n) is 32.8. The molecule has 0 amide bonds. The van der Waals surface area contributed by atoms with Crippen molar-refractivity contribution < 1.29 is 0 Å². The molecule has 0 aliphatic rings. The Kier molecular flexibility index (Phi) is 8.68. The average molecular weight is 747 g/mol. The number of nitrogens with zero attached hydrogens (tertiary/aromatic N) is 4. The van der Waals surface area contributed by atoms with Crippen LogP contribution in [0.3, 0.4) is 0 Å². The lowest BCUT2D eigenvalue weighted by atomic mass is 9.86. The first-order valence-corrected chi connectivity index (χ1v) is 19.9. The Bertz CT molecular complexity index is 3050. The Labute approximate surface area is 339 Å². The first-order valence-electron chi connectivity index (χ1n) is 19.9. The van der Waals surface area contributed by atoms with Gasteiger partial charge in [0.1, 0.15) is 0 Å². The van der Waals surface area contributed by atoms with E-state index in [1.807, 2.05) is 42.5 Å². The summed E-state index contributed by atoms with van der Waals surface area (Å²) in [6, 6.07) is 71.2. The standard InChI is InChI=1S/C54H42N4/c1-54(2,3)41-28-34-51-47(36-41)46-35-40(27-33-50(46)58(51)43-19-11-6-12-20-43)37-23-29-44(30-24-37)57(42-17-9-5-10-18-42)45-31-25-39(26-32-45)53-52(38-15-7-4-8-16-38)55-48-21-13-14-22-49(48)56-53/h4-36H,1-3H3. The molecule has 58 heavy (non-hydrogen) atoms. The third-order valence-corrected chi connectivity index (χ3v) is 11.1. The van der Waals surface area contributed by atoms with Gasteiger partial charge in [-0.05, 0) is 107 Å². The van der Waals surface area contributed by atoms with Crippen molar-refractivity contribution in [1.29, 1.82) is 0 Å². The molecule has 0 radical (unpaired) electrons. The molecule has 0 atom stereocenters. The number of fused-ring (bicyclic) bond motifs is 4. The first-order chi connectivity index (χ1) is 28.4. The van der Waals surface area contributed by atoms with Gasteiger partial charge in [-0.2, -0.15) is 0 Å². The van der Waals surface area contributed by atoms with Crippen LogP contribution >= 0.6 is 0 Å². The molecule has 2 aromatic heterocycles. The highest BCUT2D eigenvalue weighted by atomic mass is 15.1. The topological polar surface area (TPSA) is 34.0 Å². The van der Waals surface area contributed by atoms with Crippen molar-refractivity contribution in [2.24, 2.45) is 0 Å². The molecule has 0 bridgehead atoms. The van der Waals surface area contributed by atoms with Gasteiger partial charge in [0, 0.05) is 44.6 Å². The second-order valence-corrected chi connectivity index (χ2v) is 15.9. The predicted molar refractivity (Wildman–Crippen MR) is 244 cm³/mol. The van der Waals surface area contributed by atoms with Crippen molar-refractivity contribution in [2.45, 2.75) is 26.2 Å². The average Bonchev–Trinajstić information content (AvgIpc) is 3.60. The molecule has 0 spiro atoms. The van der Waals surface area contributed by atoms with E-state index in [4.69, 9.17) is 9.97 Å². The fourth-order valence-electron chi connectivity index (χ4n) is 8.12. The van der Waals surface area contributed by atoms with Gasteiger partial charge in [0.15, 0.2) is 0 Å². The molecule has 0 unspecified atom stereocenters. The van der Waals surface area contributed by atoms with Crippen LogP contribution in [0, 0.1) is 0 Å². The summed E-state index contributed by atoms with van der Waals surface area (Å²) in [5.74, 6) is 0. The second-order valence-electron chi connectivity index (χ2n) is 15.9. The highest BCUT2D eigenvalue weighted by molar-refractivity contribution is 6.11. The maximum absolute atomic E-state index is 5.14. The molecule has 10 rings (SSSR count). The lowest BCUT2D eigenvalue weighted by Gasteiger charge is -2.26. The zero-order chi connectivity index (χ0) is 39.2. The minimum atomic E-state index is 0.0450. The first kappa shape index (κ1) is 35.1. The van der Waals surface area contributed by atoms with E-state index in [1.54, 1.807) is 0 Å². The molecule has 0 fully saturated rings. The summed E-state index contributed by atoms with van der Waals surface area (Å²) < 4.78 is 2.39. The molecule has 8 aromatic carbocycles. The van der Waals surface area contributed by atoms with Crippen LogP contribution in [0.2, 0.25) is 0 Å². The van der Waals surface area contributed by atoms with Crippen molar-refractivity contribution in [3.63, 3.8) is 0 Å². The second kappa shape index (κ2) is 14.3. The highest BCUT2D eigenvalue weighted by Crippen LogP contribution is 2.40. The van der Waals surface area contributed by atoms with E-state index in [-0.39, 0.29) is 5.41 Å². The Balaban J connectivity index is 1.04. The molecule has 0 N–H and O–H groups in total. The largest absolute Gasteiger partial charge is 0.311 e. The number of rotatable bonds is 7. The number of para-hydroxylation sites is 4. The molecule has 0 aliphatic carbocycles. The summed E-state index contributed by atoms with van der Waals surface area (Å²) in [5.41, 5.74) is 16.1. The van der Waals surface area contributed by atoms with Crippen LogP contribution in [0.1, 0.15) is 26.3 Å². The fraction of sp³-hybridized carbons (Fsp3) is 0.0741. The minimum Gasteiger partial charge on any atom is -0.311 e. The summed E-state index contributed by atoms with van der Waals surface area (Å²) in [7, 11) is 0. The Morgan fingerprint density at radius 3 is 1.43 bits per heavy atom. The SMILES string of the molecule is CC(C)(C)c1ccc2c(c1)c1cc(-c3ccc(N(c4ccccc4)c4ccc(-c5nc6ccccc6nc5-c5ccccc5)cc4)cc3)ccc1n2-c1ccccc1. The quantitative estimate of drug-likeness (QED) is 0.163. The van der Waals surface area contributed by atoms with E-state index in [0.717, 1.165) is 50.6 Å². The van der Waals surface area contributed by atoms with Gasteiger partial charge in [0.2, 0.25) is 0 Å². The predicted octanol–water partition coefficient (Wildman–Crippen LogP) is 14.5. The summed E-state index contributed by atoms with van der Waals surface area (Å²) in [6.07, 6.45) is 0. The number of anilines is 3. The Morgan fingerprint density at radius 1 is 0.397 bits per heavy atom. The zero-order valence-corrected chi connectivity index (χ0v) is 32.8.